The van der Waals surface area contributed by atoms with Crippen LogP contribution in [0.3, 0.4) is 0 Å². The summed E-state index contributed by atoms with van der Waals surface area (Å²) in [6, 6.07) is 45.9. The van der Waals surface area contributed by atoms with E-state index in [2.05, 4.69) is 195 Å². The van der Waals surface area contributed by atoms with Gasteiger partial charge in [-0.15, -0.1) is 0 Å². The normalized spacial score (nSPS) is 14.5. The highest BCUT2D eigenvalue weighted by Crippen LogP contribution is 2.52. The topological polar surface area (TPSA) is 8.82 Å². The Kier molecular flexibility index (Phi) is 7.54. The van der Waals surface area contributed by atoms with Gasteiger partial charge in [0.15, 0.2) is 0 Å². The summed E-state index contributed by atoms with van der Waals surface area (Å²) in [6.45, 7) is 27.7. The summed E-state index contributed by atoms with van der Waals surface area (Å²) < 4.78 is 30.4. The Morgan fingerprint density at radius 3 is 1.33 bits per heavy atom. The second-order valence-electron chi connectivity index (χ2n) is 23.8. The van der Waals surface area contributed by atoms with E-state index in [1.807, 2.05) is 19.1 Å². The molecular weight excluding hydrogens is 797 g/mol. The molecule has 0 amide bonds. The van der Waals surface area contributed by atoms with E-state index >= 15 is 0 Å². The predicted octanol–water partition coefficient (Wildman–Crippen LogP) is 18.3. The van der Waals surface area contributed by atoms with Crippen molar-refractivity contribution in [2.45, 2.75) is 119 Å². The summed E-state index contributed by atoms with van der Waals surface area (Å²) in [5.74, 6) is 0. The lowest BCUT2D eigenvalue weighted by Crippen LogP contribution is -2.11. The number of benzene rings is 8. The number of nitrogens with zero attached hydrogens (tertiary/aromatic N) is 2. The molecule has 0 spiro atoms. The molecule has 2 nitrogen and oxygen atoms in total. The SMILES string of the molecule is [2H]C([2H])([2H])c1cccc(C)c1-c1ccc2cc(-c3c4c5cc(C(C)(C)C)cc6c7cc(C(C)(C)C)ccc7n(c4cc4c7cc(C(C)(C)C)cc8c9cc(C(C)(C)C)ccc9n(c34)c87)c65)ccc2c1. The summed E-state index contributed by atoms with van der Waals surface area (Å²) in [6.07, 6.45) is 0. The molecule has 328 valence electrons. The lowest BCUT2D eigenvalue weighted by molar-refractivity contribution is 0.590. The maximum atomic E-state index is 8.41. The molecule has 66 heavy (non-hydrogen) atoms. The van der Waals surface area contributed by atoms with Gasteiger partial charge < -0.3 is 8.80 Å². The van der Waals surface area contributed by atoms with Crippen LogP contribution in [0.25, 0.3) is 109 Å². The van der Waals surface area contributed by atoms with E-state index in [-0.39, 0.29) is 21.7 Å². The number of hydrogen-bond donors (Lipinski definition) is 0. The average Bonchev–Trinajstić information content (AvgIpc) is 3.99. The lowest BCUT2D eigenvalue weighted by atomic mass is 9.83. The molecule has 0 aliphatic heterocycles. The minimum absolute atomic E-state index is 0.00492. The maximum absolute atomic E-state index is 8.41. The third-order valence-electron chi connectivity index (χ3n) is 15.2. The van der Waals surface area contributed by atoms with Crippen LogP contribution in [0.5, 0.6) is 0 Å². The Balaban J connectivity index is 1.28. The van der Waals surface area contributed by atoms with E-state index in [1.165, 1.54) is 104 Å². The zero-order valence-corrected chi connectivity index (χ0v) is 40.9. The van der Waals surface area contributed by atoms with Crippen LogP contribution in [0.2, 0.25) is 0 Å². The van der Waals surface area contributed by atoms with Crippen LogP contribution in [-0.2, 0) is 21.7 Å². The van der Waals surface area contributed by atoms with Crippen molar-refractivity contribution >= 4 is 87.0 Å². The fourth-order valence-electron chi connectivity index (χ4n) is 11.4. The van der Waals surface area contributed by atoms with E-state index in [1.54, 1.807) is 6.07 Å². The highest BCUT2D eigenvalue weighted by molar-refractivity contribution is 6.34. The van der Waals surface area contributed by atoms with Gasteiger partial charge in [-0.3, -0.25) is 0 Å². The number of aromatic nitrogens is 2. The average molecular weight is 862 g/mol. The largest absolute Gasteiger partial charge is 0.308 e. The molecule has 0 radical (unpaired) electrons. The smallest absolute Gasteiger partial charge is 0.0627 e. The molecule has 0 aliphatic carbocycles. The minimum Gasteiger partial charge on any atom is -0.308 e. The predicted molar refractivity (Wildman–Crippen MR) is 288 cm³/mol. The Morgan fingerprint density at radius 1 is 0.364 bits per heavy atom. The van der Waals surface area contributed by atoms with Crippen molar-refractivity contribution in [1.82, 2.24) is 8.80 Å². The van der Waals surface area contributed by atoms with Gasteiger partial charge in [-0.2, -0.15) is 0 Å². The van der Waals surface area contributed by atoms with Crippen LogP contribution in [0, 0.1) is 13.8 Å². The van der Waals surface area contributed by atoms with Gasteiger partial charge >= 0.3 is 0 Å². The highest BCUT2D eigenvalue weighted by atomic mass is 14.9. The molecule has 4 aromatic heterocycles. The Bertz CT molecular complexity index is 4140. The first-order valence-electron chi connectivity index (χ1n) is 25.4. The number of fused-ring (bicyclic) bond motifs is 13. The first-order chi connectivity index (χ1) is 32.3. The van der Waals surface area contributed by atoms with Gasteiger partial charge in [0, 0.05) is 52.8 Å². The van der Waals surface area contributed by atoms with Gasteiger partial charge in [-0.1, -0.05) is 138 Å². The van der Waals surface area contributed by atoms with E-state index in [4.69, 9.17) is 4.11 Å². The zero-order valence-electron chi connectivity index (χ0n) is 43.9. The first-order valence-corrected chi connectivity index (χ1v) is 23.9. The molecule has 12 rings (SSSR count). The van der Waals surface area contributed by atoms with Crippen molar-refractivity contribution in [3.63, 3.8) is 0 Å². The van der Waals surface area contributed by atoms with Crippen molar-refractivity contribution in [3.05, 3.63) is 155 Å². The van der Waals surface area contributed by atoms with E-state index in [9.17, 15) is 0 Å². The van der Waals surface area contributed by atoms with E-state index < -0.39 is 6.85 Å². The first kappa shape index (κ1) is 37.8. The number of rotatable bonds is 2. The van der Waals surface area contributed by atoms with Gasteiger partial charge in [0.1, 0.15) is 0 Å². The van der Waals surface area contributed by atoms with E-state index in [0.29, 0.717) is 5.56 Å². The highest BCUT2D eigenvalue weighted by Gasteiger charge is 2.31. The second-order valence-corrected chi connectivity index (χ2v) is 23.8. The lowest BCUT2D eigenvalue weighted by Gasteiger charge is -2.21. The summed E-state index contributed by atoms with van der Waals surface area (Å²) in [5.41, 5.74) is 18.1. The van der Waals surface area contributed by atoms with Gasteiger partial charge in [0.25, 0.3) is 0 Å². The third-order valence-corrected chi connectivity index (χ3v) is 15.2. The van der Waals surface area contributed by atoms with Crippen LogP contribution in [0.15, 0.2) is 121 Å². The summed E-state index contributed by atoms with van der Waals surface area (Å²) in [4.78, 5) is 0. The van der Waals surface area contributed by atoms with Crippen LogP contribution in [0.4, 0.5) is 0 Å². The Hall–Kier alpha value is -6.38. The van der Waals surface area contributed by atoms with E-state index in [0.717, 1.165) is 33.0 Å². The molecule has 0 saturated heterocycles. The molecule has 12 aromatic rings. The van der Waals surface area contributed by atoms with Crippen molar-refractivity contribution in [3.8, 4) is 22.3 Å². The standard InChI is InChI=1S/C64H62N2/c1-35-16-15-17-36(2)55(35)39-20-18-38-27-40(21-19-37(38)26-39)56-57-51-33-44(64(12,13)14)31-48-45-28-41(61(3,4)5)22-24-52(45)65(59(48)51)54(57)34-50-49-32-43(63(9,10)11)30-47-46-29-42(62(6,7)8)23-25-53(46)66(58(47)49)60(50)56/h15-34H,1-14H3/i1D3. The fraction of sp³-hybridized carbons (Fsp3) is 0.281. The van der Waals surface area contributed by atoms with Gasteiger partial charge in [0.2, 0.25) is 0 Å². The third kappa shape index (κ3) is 5.73. The monoisotopic (exact) mass is 862 g/mol. The second kappa shape index (κ2) is 13.2. The minimum atomic E-state index is -2.23. The molecule has 0 aliphatic rings. The Labute approximate surface area is 393 Å². The molecule has 2 heteroatoms. The molecule has 8 aromatic carbocycles. The van der Waals surface area contributed by atoms with Crippen LogP contribution >= 0.6 is 0 Å². The van der Waals surface area contributed by atoms with Gasteiger partial charge in [-0.05, 0) is 163 Å². The molecule has 0 atom stereocenters. The van der Waals surface area contributed by atoms with Crippen LogP contribution in [-0.4, -0.2) is 8.80 Å². The summed E-state index contributed by atoms with van der Waals surface area (Å²) in [5, 5.41) is 12.5. The van der Waals surface area contributed by atoms with Crippen molar-refractivity contribution in [2.24, 2.45) is 0 Å². The summed E-state index contributed by atoms with van der Waals surface area (Å²) >= 11 is 0. The molecule has 0 bridgehead atoms. The number of hydrogen-bond acceptors (Lipinski definition) is 0. The zero-order chi connectivity index (χ0) is 48.8. The quantitative estimate of drug-likeness (QED) is 0.164. The molecule has 0 N–H and O–H groups in total. The summed E-state index contributed by atoms with van der Waals surface area (Å²) in [7, 11) is 0. The number of aryl methyl sites for hydroxylation is 2. The molecule has 0 saturated carbocycles. The maximum Gasteiger partial charge on any atom is 0.0627 e. The van der Waals surface area contributed by atoms with Crippen LogP contribution < -0.4 is 0 Å². The molecular formula is C64H62N2. The van der Waals surface area contributed by atoms with Crippen molar-refractivity contribution in [1.29, 1.82) is 0 Å². The van der Waals surface area contributed by atoms with Gasteiger partial charge in [0.05, 0.1) is 33.1 Å². The molecule has 0 fully saturated rings. The fourth-order valence-corrected chi connectivity index (χ4v) is 11.4. The van der Waals surface area contributed by atoms with Gasteiger partial charge in [-0.25, -0.2) is 0 Å². The van der Waals surface area contributed by atoms with Crippen molar-refractivity contribution in [2.75, 3.05) is 0 Å². The van der Waals surface area contributed by atoms with Crippen LogP contribution in [0.1, 0.15) is 121 Å². The van der Waals surface area contributed by atoms with Crippen molar-refractivity contribution < 1.29 is 4.11 Å². The molecule has 4 heterocycles. The molecule has 0 unspecified atom stereocenters. The Morgan fingerprint density at radius 2 is 0.803 bits per heavy atom.